The summed E-state index contributed by atoms with van der Waals surface area (Å²) in [5, 5.41) is 5.12. The van der Waals surface area contributed by atoms with Crippen molar-refractivity contribution < 1.29 is 28.8 Å². The van der Waals surface area contributed by atoms with Crippen molar-refractivity contribution in [3.05, 3.63) is 42.0 Å². The van der Waals surface area contributed by atoms with E-state index in [4.69, 9.17) is 11.5 Å². The molecule has 11 heteroatoms. The second-order valence-corrected chi connectivity index (χ2v) is 7.94. The Bertz CT molecular complexity index is 940. The van der Waals surface area contributed by atoms with Crippen molar-refractivity contribution in [1.82, 2.24) is 10.2 Å². The summed E-state index contributed by atoms with van der Waals surface area (Å²) in [4.78, 5) is 68.2. The van der Waals surface area contributed by atoms with Crippen molar-refractivity contribution in [3.63, 3.8) is 0 Å². The molecule has 0 spiro atoms. The predicted molar refractivity (Wildman–Crippen MR) is 129 cm³/mol. The number of primary amides is 2. The van der Waals surface area contributed by atoms with Crippen LogP contribution in [-0.4, -0.2) is 52.9 Å². The van der Waals surface area contributed by atoms with Gasteiger partial charge in [0.05, 0.1) is 6.42 Å². The minimum absolute atomic E-state index is 0.229. The molecule has 190 valence electrons. The molecule has 2 rings (SSSR count). The number of anilines is 1. The van der Waals surface area contributed by atoms with Gasteiger partial charge in [0.1, 0.15) is 6.04 Å². The lowest BCUT2D eigenvalue weighted by molar-refractivity contribution is -0.137. The van der Waals surface area contributed by atoms with Crippen molar-refractivity contribution in [3.8, 4) is 0 Å². The summed E-state index contributed by atoms with van der Waals surface area (Å²) < 4.78 is 0. The van der Waals surface area contributed by atoms with E-state index < -0.39 is 17.9 Å². The van der Waals surface area contributed by atoms with Gasteiger partial charge in [-0.15, -0.1) is 0 Å². The lowest BCUT2D eigenvalue weighted by Gasteiger charge is -2.16. The molecule has 1 aliphatic rings. The Hall–Kier alpha value is -4.02. The van der Waals surface area contributed by atoms with Crippen molar-refractivity contribution in [2.45, 2.75) is 58.4 Å². The summed E-state index contributed by atoms with van der Waals surface area (Å²) in [6.45, 7) is 4.01. The Morgan fingerprint density at radius 1 is 0.914 bits per heavy atom. The van der Waals surface area contributed by atoms with E-state index in [9.17, 15) is 28.8 Å². The fourth-order valence-electron chi connectivity index (χ4n) is 2.97. The number of nitrogens with one attached hydrogen (secondary N) is 2. The number of nitrogens with zero attached hydrogens (tertiary/aromatic N) is 1. The van der Waals surface area contributed by atoms with Crippen LogP contribution < -0.4 is 22.1 Å². The lowest BCUT2D eigenvalue weighted by atomic mass is 10.1. The summed E-state index contributed by atoms with van der Waals surface area (Å²) >= 11 is 0. The SMILES string of the molecule is CCC(=O)N[C@@H](CC(N)=O)C(=O)Nc1ccc(C)cc1.NC(=O)CCCCCN1C(=O)C=CC1=O. The maximum atomic E-state index is 12.1. The lowest BCUT2D eigenvalue weighted by Crippen LogP contribution is -2.45. The van der Waals surface area contributed by atoms with Gasteiger partial charge in [-0.3, -0.25) is 33.7 Å². The van der Waals surface area contributed by atoms with Crippen molar-refractivity contribution in [2.24, 2.45) is 11.5 Å². The summed E-state index contributed by atoms with van der Waals surface area (Å²) in [5.74, 6) is -2.25. The van der Waals surface area contributed by atoms with E-state index in [-0.39, 0.29) is 36.5 Å². The zero-order valence-electron chi connectivity index (χ0n) is 20.0. The van der Waals surface area contributed by atoms with Crippen LogP contribution in [-0.2, 0) is 28.8 Å². The molecule has 0 saturated heterocycles. The Labute approximate surface area is 204 Å². The maximum absolute atomic E-state index is 12.1. The number of carbonyl (C=O) groups is 6. The summed E-state index contributed by atoms with van der Waals surface area (Å²) in [5.41, 5.74) is 11.7. The normalized spacial score (nSPS) is 13.0. The van der Waals surface area contributed by atoms with Crippen LogP contribution in [0, 0.1) is 6.92 Å². The van der Waals surface area contributed by atoms with Crippen LogP contribution in [0.2, 0.25) is 0 Å². The molecule has 0 bridgehead atoms. The smallest absolute Gasteiger partial charge is 0.253 e. The molecule has 1 aliphatic heterocycles. The molecule has 0 fully saturated rings. The number of hydrogen-bond acceptors (Lipinski definition) is 6. The number of nitrogens with two attached hydrogens (primary N) is 2. The molecule has 0 radical (unpaired) electrons. The third-order valence-electron chi connectivity index (χ3n) is 4.90. The second-order valence-electron chi connectivity index (χ2n) is 7.94. The number of benzene rings is 1. The van der Waals surface area contributed by atoms with Crippen LogP contribution in [0.5, 0.6) is 0 Å². The minimum atomic E-state index is -0.957. The van der Waals surface area contributed by atoms with Crippen LogP contribution in [0.3, 0.4) is 0 Å². The first-order valence-corrected chi connectivity index (χ1v) is 11.3. The van der Waals surface area contributed by atoms with Crippen molar-refractivity contribution in [1.29, 1.82) is 0 Å². The molecule has 0 unspecified atom stereocenters. The molecule has 6 N–H and O–H groups in total. The number of imide groups is 1. The number of aryl methyl sites for hydroxylation is 1. The van der Waals surface area contributed by atoms with E-state index in [1.165, 1.54) is 17.1 Å². The number of rotatable bonds is 12. The van der Waals surface area contributed by atoms with Gasteiger partial charge in [0, 0.05) is 37.2 Å². The van der Waals surface area contributed by atoms with Crippen molar-refractivity contribution in [2.75, 3.05) is 11.9 Å². The van der Waals surface area contributed by atoms with Crippen molar-refractivity contribution >= 4 is 41.1 Å². The van der Waals surface area contributed by atoms with Gasteiger partial charge >= 0.3 is 0 Å². The van der Waals surface area contributed by atoms with Gasteiger partial charge in [-0.05, 0) is 31.9 Å². The number of carbonyl (C=O) groups excluding carboxylic acids is 6. The highest BCUT2D eigenvalue weighted by Gasteiger charge is 2.23. The molecule has 0 aliphatic carbocycles. The van der Waals surface area contributed by atoms with Crippen LogP contribution in [0.25, 0.3) is 0 Å². The molecule has 6 amide bonds. The highest BCUT2D eigenvalue weighted by molar-refractivity contribution is 6.12. The quantitative estimate of drug-likeness (QED) is 0.248. The van der Waals surface area contributed by atoms with Gasteiger partial charge in [0.15, 0.2) is 0 Å². The number of hydrogen-bond donors (Lipinski definition) is 4. The van der Waals surface area contributed by atoms with Gasteiger partial charge in [-0.2, -0.15) is 0 Å². The van der Waals surface area contributed by atoms with Gasteiger partial charge < -0.3 is 22.1 Å². The van der Waals surface area contributed by atoms with E-state index in [2.05, 4.69) is 10.6 Å². The highest BCUT2D eigenvalue weighted by Crippen LogP contribution is 2.10. The largest absolute Gasteiger partial charge is 0.370 e. The molecule has 1 aromatic rings. The van der Waals surface area contributed by atoms with Crippen LogP contribution in [0.1, 0.15) is 51.0 Å². The molecule has 35 heavy (non-hydrogen) atoms. The molecule has 1 atom stereocenters. The topological polar surface area (TPSA) is 182 Å². The third-order valence-corrected chi connectivity index (χ3v) is 4.90. The average molecular weight is 488 g/mol. The highest BCUT2D eigenvalue weighted by atomic mass is 16.2. The Balaban J connectivity index is 0.000000365. The van der Waals surface area contributed by atoms with E-state index in [1.807, 2.05) is 19.1 Å². The first-order chi connectivity index (χ1) is 16.5. The van der Waals surface area contributed by atoms with Gasteiger partial charge in [0.2, 0.25) is 23.6 Å². The summed E-state index contributed by atoms with van der Waals surface area (Å²) in [6, 6.07) is 6.24. The Morgan fingerprint density at radius 2 is 1.51 bits per heavy atom. The first kappa shape index (κ1) is 29.0. The predicted octanol–water partition coefficient (Wildman–Crippen LogP) is 0.661. The minimum Gasteiger partial charge on any atom is -0.370 e. The molecule has 0 saturated carbocycles. The molecule has 1 aromatic carbocycles. The number of amides is 6. The van der Waals surface area contributed by atoms with Crippen LogP contribution in [0.4, 0.5) is 5.69 Å². The third kappa shape index (κ3) is 11.6. The second kappa shape index (κ2) is 15.0. The van der Waals surface area contributed by atoms with Gasteiger partial charge in [-0.25, -0.2) is 0 Å². The standard InChI is InChI=1S/C14H19N3O3.C10H14N2O3/c1-3-13(19)17-11(8-12(15)18)14(20)16-10-6-4-9(2)5-7-10;11-8(13)4-2-1-3-7-12-9(14)5-6-10(12)15/h4-7,11H,3,8H2,1-2H3,(H2,15,18)(H,16,20)(H,17,19);5-6H,1-4,7H2,(H2,11,13)/t11-;/m0./s1. The Kier molecular flexibility index (Phi) is 12.4. The zero-order chi connectivity index (χ0) is 26.4. The van der Waals surface area contributed by atoms with E-state index in [0.29, 0.717) is 31.5 Å². The van der Waals surface area contributed by atoms with Gasteiger partial charge in [-0.1, -0.05) is 31.0 Å². The maximum Gasteiger partial charge on any atom is 0.253 e. The summed E-state index contributed by atoms with van der Waals surface area (Å²) in [7, 11) is 0. The molecular weight excluding hydrogens is 454 g/mol. The van der Waals surface area contributed by atoms with Gasteiger partial charge in [0.25, 0.3) is 11.8 Å². The Morgan fingerprint density at radius 3 is 2.03 bits per heavy atom. The van der Waals surface area contributed by atoms with Crippen LogP contribution >= 0.6 is 0 Å². The fraction of sp³-hybridized carbons (Fsp3) is 0.417. The first-order valence-electron chi connectivity index (χ1n) is 11.3. The van der Waals surface area contributed by atoms with Crippen LogP contribution in [0.15, 0.2) is 36.4 Å². The fourth-order valence-corrected chi connectivity index (χ4v) is 2.97. The molecular formula is C24H33N5O6. The van der Waals surface area contributed by atoms with E-state index in [0.717, 1.165) is 12.0 Å². The molecule has 11 nitrogen and oxygen atoms in total. The average Bonchev–Trinajstić information content (AvgIpc) is 3.11. The zero-order valence-corrected chi connectivity index (χ0v) is 20.0. The van der Waals surface area contributed by atoms with E-state index >= 15 is 0 Å². The number of unbranched alkanes of at least 4 members (excludes halogenated alkanes) is 2. The monoisotopic (exact) mass is 487 g/mol. The summed E-state index contributed by atoms with van der Waals surface area (Å²) in [6.07, 6.45) is 5.11. The molecule has 0 aromatic heterocycles. The van der Waals surface area contributed by atoms with E-state index in [1.54, 1.807) is 19.1 Å². The molecule has 1 heterocycles.